The number of aryl methyl sites for hydroxylation is 1. The lowest BCUT2D eigenvalue weighted by Crippen LogP contribution is -1.85. The first kappa shape index (κ1) is 12.1. The highest BCUT2D eigenvalue weighted by molar-refractivity contribution is 9.11. The molecular formula is C13H15BrO. The van der Waals surface area contributed by atoms with Crippen molar-refractivity contribution in [3.05, 3.63) is 53.0 Å². The lowest BCUT2D eigenvalue weighted by molar-refractivity contribution is 0.414. The molecule has 0 atom stereocenters. The fourth-order valence-electron chi connectivity index (χ4n) is 1.25. The molecule has 15 heavy (non-hydrogen) atoms. The van der Waals surface area contributed by atoms with Crippen LogP contribution < -0.4 is 4.74 Å². The third kappa shape index (κ3) is 4.84. The molecule has 2 heteroatoms. The van der Waals surface area contributed by atoms with Gasteiger partial charge in [-0.1, -0.05) is 46.8 Å². The molecule has 0 N–H and O–H groups in total. The summed E-state index contributed by atoms with van der Waals surface area (Å²) in [6, 6.07) is 8.16. The Morgan fingerprint density at radius 2 is 2.07 bits per heavy atom. The first-order chi connectivity index (χ1) is 7.22. The Morgan fingerprint density at radius 3 is 2.60 bits per heavy atom. The monoisotopic (exact) mass is 266 g/mol. The maximum atomic E-state index is 5.09. The fourth-order valence-corrected chi connectivity index (χ4v) is 1.44. The Labute approximate surface area is 99.6 Å². The second-order valence-electron chi connectivity index (χ2n) is 3.24. The van der Waals surface area contributed by atoms with Gasteiger partial charge in [-0.3, -0.25) is 0 Å². The van der Waals surface area contributed by atoms with E-state index in [4.69, 9.17) is 4.74 Å². The van der Waals surface area contributed by atoms with Crippen molar-refractivity contribution in [2.45, 2.75) is 12.8 Å². The Balaban J connectivity index is 2.41. The van der Waals surface area contributed by atoms with Crippen LogP contribution >= 0.6 is 15.9 Å². The lowest BCUT2D eigenvalue weighted by atomic mass is 10.1. The van der Waals surface area contributed by atoms with Crippen LogP contribution in [0.5, 0.6) is 5.75 Å². The first-order valence-electron chi connectivity index (χ1n) is 4.86. The quantitative estimate of drug-likeness (QED) is 0.730. The highest BCUT2D eigenvalue weighted by atomic mass is 79.9. The molecule has 1 aromatic rings. The number of hydrogen-bond donors (Lipinski definition) is 0. The summed E-state index contributed by atoms with van der Waals surface area (Å²) in [5, 5.41) is 0. The maximum absolute atomic E-state index is 5.09. The molecule has 1 rings (SSSR count). The van der Waals surface area contributed by atoms with Gasteiger partial charge < -0.3 is 4.74 Å². The Bertz CT molecular complexity index is 338. The molecule has 0 heterocycles. The zero-order valence-electron chi connectivity index (χ0n) is 8.87. The highest BCUT2D eigenvalue weighted by Crippen LogP contribution is 2.13. The summed E-state index contributed by atoms with van der Waals surface area (Å²) in [6.07, 6.45) is 6.16. The van der Waals surface area contributed by atoms with Gasteiger partial charge in [0.15, 0.2) is 0 Å². The number of ether oxygens (including phenoxy) is 1. The maximum Gasteiger partial charge on any atom is 0.118 e. The molecule has 0 saturated carbocycles. The topological polar surface area (TPSA) is 9.23 Å². The van der Waals surface area contributed by atoms with Crippen molar-refractivity contribution < 1.29 is 4.74 Å². The van der Waals surface area contributed by atoms with Gasteiger partial charge in [-0.2, -0.15) is 0 Å². The van der Waals surface area contributed by atoms with Gasteiger partial charge in [0.1, 0.15) is 5.75 Å². The van der Waals surface area contributed by atoms with Gasteiger partial charge in [0.2, 0.25) is 0 Å². The minimum absolute atomic E-state index is 0.906. The van der Waals surface area contributed by atoms with Crippen molar-refractivity contribution in [3.63, 3.8) is 0 Å². The van der Waals surface area contributed by atoms with Gasteiger partial charge in [-0.25, -0.2) is 0 Å². The SMILES string of the molecule is C=C(Br)/C=C/CCc1ccc(OC)cc1. The zero-order valence-corrected chi connectivity index (χ0v) is 10.5. The molecule has 0 unspecified atom stereocenters. The summed E-state index contributed by atoms with van der Waals surface area (Å²) in [7, 11) is 1.68. The second kappa shape index (κ2) is 6.46. The van der Waals surface area contributed by atoms with Gasteiger partial charge in [-0.15, -0.1) is 0 Å². The summed E-state index contributed by atoms with van der Waals surface area (Å²) in [6.45, 7) is 3.74. The van der Waals surface area contributed by atoms with Crippen molar-refractivity contribution in [1.82, 2.24) is 0 Å². The van der Waals surface area contributed by atoms with Crippen LogP contribution in [0, 0.1) is 0 Å². The standard InChI is InChI=1S/C13H15BrO/c1-11(14)5-3-4-6-12-7-9-13(15-2)10-8-12/h3,5,7-10H,1,4,6H2,2H3/b5-3+. The van der Waals surface area contributed by atoms with E-state index >= 15 is 0 Å². The number of benzene rings is 1. The molecule has 0 bridgehead atoms. The van der Waals surface area contributed by atoms with Crippen molar-refractivity contribution in [2.75, 3.05) is 7.11 Å². The molecule has 1 aromatic carbocycles. The first-order valence-corrected chi connectivity index (χ1v) is 5.65. The molecule has 0 fully saturated rings. The smallest absolute Gasteiger partial charge is 0.118 e. The van der Waals surface area contributed by atoms with Crippen LogP contribution in [0.1, 0.15) is 12.0 Å². The average molecular weight is 267 g/mol. The molecule has 0 radical (unpaired) electrons. The van der Waals surface area contributed by atoms with Crippen LogP contribution in [0.15, 0.2) is 47.5 Å². The van der Waals surface area contributed by atoms with E-state index in [0.717, 1.165) is 23.1 Å². The van der Waals surface area contributed by atoms with Crippen LogP contribution in [0.2, 0.25) is 0 Å². The molecule has 0 amide bonds. The fraction of sp³-hybridized carbons (Fsp3) is 0.231. The van der Waals surface area contributed by atoms with Crippen LogP contribution in [0.3, 0.4) is 0 Å². The van der Waals surface area contributed by atoms with E-state index in [9.17, 15) is 0 Å². The Morgan fingerprint density at radius 1 is 1.40 bits per heavy atom. The van der Waals surface area contributed by atoms with E-state index < -0.39 is 0 Å². The van der Waals surface area contributed by atoms with Crippen molar-refractivity contribution in [1.29, 1.82) is 0 Å². The minimum Gasteiger partial charge on any atom is -0.497 e. The lowest BCUT2D eigenvalue weighted by Gasteiger charge is -2.01. The van der Waals surface area contributed by atoms with Gasteiger partial charge in [0, 0.05) is 4.48 Å². The number of allylic oxidation sites excluding steroid dienone is 3. The largest absolute Gasteiger partial charge is 0.497 e. The Kier molecular flexibility index (Phi) is 5.19. The van der Waals surface area contributed by atoms with E-state index in [-0.39, 0.29) is 0 Å². The van der Waals surface area contributed by atoms with Crippen molar-refractivity contribution in [2.24, 2.45) is 0 Å². The molecule has 0 spiro atoms. The van der Waals surface area contributed by atoms with E-state index in [1.54, 1.807) is 7.11 Å². The molecule has 0 aliphatic heterocycles. The highest BCUT2D eigenvalue weighted by Gasteiger charge is 1.92. The number of rotatable bonds is 5. The van der Waals surface area contributed by atoms with E-state index in [1.165, 1.54) is 5.56 Å². The van der Waals surface area contributed by atoms with E-state index in [2.05, 4.69) is 40.7 Å². The zero-order chi connectivity index (χ0) is 11.1. The number of halogens is 1. The summed E-state index contributed by atoms with van der Waals surface area (Å²) in [5.74, 6) is 0.906. The molecule has 0 aliphatic carbocycles. The number of methoxy groups -OCH3 is 1. The number of hydrogen-bond acceptors (Lipinski definition) is 1. The van der Waals surface area contributed by atoms with Gasteiger partial charge in [0.25, 0.3) is 0 Å². The van der Waals surface area contributed by atoms with Gasteiger partial charge in [-0.05, 0) is 30.5 Å². The normalized spacial score (nSPS) is 10.5. The average Bonchev–Trinajstić information content (AvgIpc) is 2.25. The molecule has 0 aromatic heterocycles. The second-order valence-corrected chi connectivity index (χ2v) is 4.25. The molecular weight excluding hydrogens is 252 g/mol. The van der Waals surface area contributed by atoms with Crippen LogP contribution in [-0.2, 0) is 6.42 Å². The third-order valence-electron chi connectivity index (χ3n) is 2.06. The van der Waals surface area contributed by atoms with Crippen molar-refractivity contribution in [3.8, 4) is 5.75 Å². The van der Waals surface area contributed by atoms with Crippen molar-refractivity contribution >= 4 is 15.9 Å². The predicted molar refractivity (Wildman–Crippen MR) is 68.5 cm³/mol. The molecule has 0 aliphatic rings. The third-order valence-corrected chi connectivity index (χ3v) is 2.32. The Hall–Kier alpha value is -1.02. The summed E-state index contributed by atoms with van der Waals surface area (Å²) >= 11 is 3.28. The summed E-state index contributed by atoms with van der Waals surface area (Å²) in [5.41, 5.74) is 1.32. The van der Waals surface area contributed by atoms with Gasteiger partial charge >= 0.3 is 0 Å². The van der Waals surface area contributed by atoms with Crippen LogP contribution in [-0.4, -0.2) is 7.11 Å². The summed E-state index contributed by atoms with van der Waals surface area (Å²) < 4.78 is 6.01. The van der Waals surface area contributed by atoms with E-state index in [1.807, 2.05) is 18.2 Å². The van der Waals surface area contributed by atoms with E-state index in [0.29, 0.717) is 0 Å². The molecule has 0 saturated heterocycles. The summed E-state index contributed by atoms with van der Waals surface area (Å²) in [4.78, 5) is 0. The van der Waals surface area contributed by atoms with Crippen LogP contribution in [0.25, 0.3) is 0 Å². The predicted octanol–water partition coefficient (Wildman–Crippen LogP) is 4.09. The minimum atomic E-state index is 0.906. The van der Waals surface area contributed by atoms with Gasteiger partial charge in [0.05, 0.1) is 7.11 Å². The molecule has 1 nitrogen and oxygen atoms in total. The molecule has 80 valence electrons. The van der Waals surface area contributed by atoms with Crippen LogP contribution in [0.4, 0.5) is 0 Å².